The molecule has 2 amide bonds. The van der Waals surface area contributed by atoms with E-state index in [0.717, 1.165) is 11.3 Å². The number of aryl methyl sites for hydroxylation is 2. The highest BCUT2D eigenvalue weighted by atomic mass is 16.3. The molecular formula is C17H24N2O3. The van der Waals surface area contributed by atoms with Crippen molar-refractivity contribution >= 4 is 17.5 Å². The average molecular weight is 304 g/mol. The van der Waals surface area contributed by atoms with Crippen LogP contribution in [0.25, 0.3) is 0 Å². The van der Waals surface area contributed by atoms with Gasteiger partial charge in [-0.1, -0.05) is 6.07 Å². The van der Waals surface area contributed by atoms with Crippen molar-refractivity contribution in [1.29, 1.82) is 0 Å². The van der Waals surface area contributed by atoms with Crippen LogP contribution in [0.4, 0.5) is 5.69 Å². The highest BCUT2D eigenvalue weighted by Gasteiger charge is 2.37. The smallest absolute Gasteiger partial charge is 0.239 e. The fourth-order valence-electron chi connectivity index (χ4n) is 2.60. The zero-order valence-corrected chi connectivity index (χ0v) is 13.4. The first-order valence-corrected chi connectivity index (χ1v) is 7.74. The third-order valence-electron chi connectivity index (χ3n) is 4.19. The number of amides is 2. The van der Waals surface area contributed by atoms with Gasteiger partial charge in [-0.2, -0.15) is 0 Å². The molecule has 0 bridgehead atoms. The second-order valence-electron chi connectivity index (χ2n) is 6.03. The maximum absolute atomic E-state index is 12.5. The lowest BCUT2D eigenvalue weighted by molar-refractivity contribution is -0.132. The highest BCUT2D eigenvalue weighted by molar-refractivity contribution is 6.09. The maximum atomic E-state index is 12.5. The summed E-state index contributed by atoms with van der Waals surface area (Å²) in [6.07, 6.45) is 0.575. The molecule has 2 unspecified atom stereocenters. The first kappa shape index (κ1) is 16.5. The summed E-state index contributed by atoms with van der Waals surface area (Å²) in [5.41, 5.74) is 3.17. The minimum absolute atomic E-state index is 0.141. The molecule has 22 heavy (non-hydrogen) atoms. The van der Waals surface area contributed by atoms with Gasteiger partial charge in [0.2, 0.25) is 11.8 Å². The number of nitrogens with zero attached hydrogens (tertiary/aromatic N) is 1. The van der Waals surface area contributed by atoms with Crippen molar-refractivity contribution in [2.45, 2.75) is 39.7 Å². The summed E-state index contributed by atoms with van der Waals surface area (Å²) >= 11 is 0. The molecule has 2 rings (SSSR count). The van der Waals surface area contributed by atoms with Crippen molar-refractivity contribution in [3.8, 4) is 0 Å². The van der Waals surface area contributed by atoms with Gasteiger partial charge >= 0.3 is 0 Å². The molecule has 5 heteroatoms. The summed E-state index contributed by atoms with van der Waals surface area (Å²) in [6.45, 7) is 6.68. The Morgan fingerprint density at radius 1 is 1.41 bits per heavy atom. The largest absolute Gasteiger partial charge is 0.393 e. The van der Waals surface area contributed by atoms with Crippen LogP contribution in [0.5, 0.6) is 0 Å². The van der Waals surface area contributed by atoms with Crippen molar-refractivity contribution in [2.24, 2.45) is 5.92 Å². The topological polar surface area (TPSA) is 69.6 Å². The molecule has 2 atom stereocenters. The molecule has 1 aliphatic heterocycles. The molecule has 1 aromatic carbocycles. The molecule has 0 aliphatic carbocycles. The Morgan fingerprint density at radius 2 is 2.14 bits per heavy atom. The monoisotopic (exact) mass is 304 g/mol. The summed E-state index contributed by atoms with van der Waals surface area (Å²) in [7, 11) is 0. The van der Waals surface area contributed by atoms with E-state index in [1.807, 2.05) is 32.0 Å². The molecule has 1 aromatic rings. The number of aliphatic hydroxyl groups is 1. The van der Waals surface area contributed by atoms with Gasteiger partial charge in [-0.15, -0.1) is 0 Å². The van der Waals surface area contributed by atoms with Crippen LogP contribution in [0.3, 0.4) is 0 Å². The van der Waals surface area contributed by atoms with Crippen molar-refractivity contribution in [3.63, 3.8) is 0 Å². The molecule has 1 aliphatic rings. The number of hydrogen-bond donors (Lipinski definition) is 2. The lowest BCUT2D eigenvalue weighted by Crippen LogP contribution is -2.37. The minimum Gasteiger partial charge on any atom is -0.393 e. The van der Waals surface area contributed by atoms with Crippen LogP contribution in [0.2, 0.25) is 0 Å². The van der Waals surface area contributed by atoms with Crippen LogP contribution in [-0.2, 0) is 9.59 Å². The summed E-state index contributed by atoms with van der Waals surface area (Å²) in [5, 5.41) is 11.9. The van der Waals surface area contributed by atoms with Crippen molar-refractivity contribution in [2.75, 3.05) is 18.0 Å². The van der Waals surface area contributed by atoms with Crippen LogP contribution in [0.15, 0.2) is 18.2 Å². The standard InChI is InChI=1S/C17H24N2O3/c1-11-4-5-14(10-12(11)2)19-9-7-15(17(19)22)16(21)18-8-6-13(3)20/h4-5,10,13,15,20H,6-9H2,1-3H3,(H,18,21). The molecule has 0 radical (unpaired) electrons. The van der Waals surface area contributed by atoms with E-state index < -0.39 is 12.0 Å². The van der Waals surface area contributed by atoms with Crippen LogP contribution in [0, 0.1) is 19.8 Å². The maximum Gasteiger partial charge on any atom is 0.239 e. The number of hydrogen-bond acceptors (Lipinski definition) is 3. The predicted molar refractivity (Wildman–Crippen MR) is 85.7 cm³/mol. The molecule has 5 nitrogen and oxygen atoms in total. The van der Waals surface area contributed by atoms with Gasteiger partial charge in [0.25, 0.3) is 0 Å². The SMILES string of the molecule is Cc1ccc(N2CCC(C(=O)NCCC(C)O)C2=O)cc1C. The van der Waals surface area contributed by atoms with Gasteiger partial charge in [-0.3, -0.25) is 9.59 Å². The minimum atomic E-state index is -0.615. The van der Waals surface area contributed by atoms with Crippen LogP contribution in [0.1, 0.15) is 30.9 Å². The lowest BCUT2D eigenvalue weighted by Gasteiger charge is -2.18. The van der Waals surface area contributed by atoms with E-state index in [4.69, 9.17) is 0 Å². The molecule has 0 spiro atoms. The summed E-state index contributed by atoms with van der Waals surface area (Å²) in [5.74, 6) is -0.995. The summed E-state index contributed by atoms with van der Waals surface area (Å²) in [6, 6.07) is 5.91. The average Bonchev–Trinajstić information content (AvgIpc) is 2.83. The van der Waals surface area contributed by atoms with Crippen molar-refractivity contribution in [1.82, 2.24) is 5.32 Å². The third-order valence-corrected chi connectivity index (χ3v) is 4.19. The van der Waals surface area contributed by atoms with Crippen LogP contribution >= 0.6 is 0 Å². The van der Waals surface area contributed by atoms with Crippen molar-refractivity contribution in [3.05, 3.63) is 29.3 Å². The Balaban J connectivity index is 2.00. The Kier molecular flexibility index (Phi) is 5.19. The molecule has 0 saturated carbocycles. The Morgan fingerprint density at radius 3 is 2.77 bits per heavy atom. The number of carbonyl (C=O) groups excluding carboxylic acids is 2. The molecule has 1 saturated heterocycles. The molecule has 2 N–H and O–H groups in total. The fourth-order valence-corrected chi connectivity index (χ4v) is 2.60. The first-order valence-electron chi connectivity index (χ1n) is 7.74. The summed E-state index contributed by atoms with van der Waals surface area (Å²) in [4.78, 5) is 26.2. The molecule has 120 valence electrons. The van der Waals surface area contributed by atoms with E-state index in [2.05, 4.69) is 5.32 Å². The molecule has 1 heterocycles. The third kappa shape index (κ3) is 3.65. The van der Waals surface area contributed by atoms with E-state index >= 15 is 0 Å². The molecule has 0 aromatic heterocycles. The van der Waals surface area contributed by atoms with Crippen molar-refractivity contribution < 1.29 is 14.7 Å². The Bertz CT molecular complexity index is 569. The van der Waals surface area contributed by atoms with Gasteiger partial charge in [0.1, 0.15) is 5.92 Å². The normalized spacial score (nSPS) is 19.4. The second-order valence-corrected chi connectivity index (χ2v) is 6.03. The fraction of sp³-hybridized carbons (Fsp3) is 0.529. The van der Waals surface area contributed by atoms with Gasteiger partial charge < -0.3 is 15.3 Å². The Hall–Kier alpha value is -1.88. The van der Waals surface area contributed by atoms with E-state index in [1.165, 1.54) is 5.56 Å². The highest BCUT2D eigenvalue weighted by Crippen LogP contribution is 2.27. The zero-order chi connectivity index (χ0) is 16.3. The van der Waals surface area contributed by atoms with Gasteiger partial charge in [0, 0.05) is 18.8 Å². The molecular weight excluding hydrogens is 280 g/mol. The number of benzene rings is 1. The van der Waals surface area contributed by atoms with Gasteiger partial charge in [-0.05, 0) is 56.9 Å². The number of anilines is 1. The van der Waals surface area contributed by atoms with E-state index in [9.17, 15) is 14.7 Å². The zero-order valence-electron chi connectivity index (χ0n) is 13.4. The van der Waals surface area contributed by atoms with Crippen LogP contribution in [-0.4, -0.2) is 36.1 Å². The molecule has 1 fully saturated rings. The quantitative estimate of drug-likeness (QED) is 0.811. The van der Waals surface area contributed by atoms with Gasteiger partial charge in [0.15, 0.2) is 0 Å². The lowest BCUT2D eigenvalue weighted by atomic mass is 10.1. The second kappa shape index (κ2) is 6.92. The van der Waals surface area contributed by atoms with Gasteiger partial charge in [0.05, 0.1) is 6.10 Å². The number of carbonyl (C=O) groups is 2. The van der Waals surface area contributed by atoms with Crippen LogP contribution < -0.4 is 10.2 Å². The van der Waals surface area contributed by atoms with E-state index in [1.54, 1.807) is 11.8 Å². The number of aliphatic hydroxyl groups excluding tert-OH is 1. The summed E-state index contributed by atoms with van der Waals surface area (Å²) < 4.78 is 0. The predicted octanol–water partition coefficient (Wildman–Crippen LogP) is 1.54. The number of nitrogens with one attached hydrogen (secondary N) is 1. The Labute approximate surface area is 131 Å². The van der Waals surface area contributed by atoms with E-state index in [0.29, 0.717) is 25.9 Å². The number of rotatable bonds is 5. The first-order chi connectivity index (χ1) is 10.4. The van der Waals surface area contributed by atoms with Gasteiger partial charge in [-0.25, -0.2) is 0 Å². The van der Waals surface area contributed by atoms with E-state index in [-0.39, 0.29) is 11.8 Å².